The number of esters is 1. The Balaban J connectivity index is 1.99. The van der Waals surface area contributed by atoms with Crippen LogP contribution < -0.4 is 16.1 Å². The van der Waals surface area contributed by atoms with Crippen molar-refractivity contribution in [2.75, 3.05) is 50.5 Å². The number of rotatable bonds is 4. The van der Waals surface area contributed by atoms with Gasteiger partial charge in [0.25, 0.3) is 0 Å². The first kappa shape index (κ1) is 19.7. The minimum Gasteiger partial charge on any atom is -0.462 e. The number of ether oxygens (including phenoxy) is 1. The van der Waals surface area contributed by atoms with Gasteiger partial charge in [-0.3, -0.25) is 4.79 Å². The molecule has 0 bridgehead atoms. The van der Waals surface area contributed by atoms with Crippen LogP contribution in [0.4, 0.5) is 15.8 Å². The zero-order chi connectivity index (χ0) is 20.9. The molecule has 2 fully saturated rings. The van der Waals surface area contributed by atoms with E-state index < -0.39 is 17.2 Å². The first-order valence-corrected chi connectivity index (χ1v) is 10.1. The summed E-state index contributed by atoms with van der Waals surface area (Å²) in [5.74, 6) is -1.13. The van der Waals surface area contributed by atoms with Gasteiger partial charge in [0.1, 0.15) is 5.56 Å². The zero-order valence-electron chi connectivity index (χ0n) is 17.1. The van der Waals surface area contributed by atoms with Crippen molar-refractivity contribution in [1.82, 2.24) is 9.47 Å². The van der Waals surface area contributed by atoms with Crippen molar-refractivity contribution in [3.63, 3.8) is 0 Å². The molecule has 7 nitrogen and oxygen atoms in total. The molecule has 0 amide bonds. The predicted molar refractivity (Wildman–Crippen MR) is 111 cm³/mol. The van der Waals surface area contributed by atoms with E-state index >= 15 is 4.39 Å². The Morgan fingerprint density at radius 2 is 1.93 bits per heavy atom. The van der Waals surface area contributed by atoms with Crippen LogP contribution in [0.25, 0.3) is 10.9 Å². The Morgan fingerprint density at radius 3 is 2.52 bits per heavy atom. The fourth-order valence-electron chi connectivity index (χ4n) is 4.10. The van der Waals surface area contributed by atoms with Crippen molar-refractivity contribution in [3.8, 4) is 0 Å². The van der Waals surface area contributed by atoms with E-state index in [1.165, 1.54) is 6.20 Å². The van der Waals surface area contributed by atoms with Gasteiger partial charge < -0.3 is 24.8 Å². The maximum absolute atomic E-state index is 15.9. The Hall–Kier alpha value is -2.61. The predicted octanol–water partition coefficient (Wildman–Crippen LogP) is 2.29. The second kappa shape index (κ2) is 7.33. The number of aromatic nitrogens is 1. The molecule has 2 N–H and O–H groups in total. The summed E-state index contributed by atoms with van der Waals surface area (Å²) in [5, 5.41) is 0.0790. The topological polar surface area (TPSA) is 80.8 Å². The van der Waals surface area contributed by atoms with Crippen molar-refractivity contribution in [2.45, 2.75) is 32.7 Å². The van der Waals surface area contributed by atoms with Crippen LogP contribution in [0.15, 0.2) is 11.0 Å². The Labute approximate surface area is 168 Å². The molecule has 0 unspecified atom stereocenters. The first-order chi connectivity index (χ1) is 13.8. The number of nitrogens with two attached hydrogens (primary N) is 1. The average Bonchev–Trinajstić information content (AvgIpc) is 3.53. The highest BCUT2D eigenvalue weighted by Gasteiger charge is 2.32. The fourth-order valence-corrected chi connectivity index (χ4v) is 4.10. The van der Waals surface area contributed by atoms with Gasteiger partial charge in [-0.25, -0.2) is 9.18 Å². The van der Waals surface area contributed by atoms with Gasteiger partial charge in [0, 0.05) is 38.4 Å². The van der Waals surface area contributed by atoms with E-state index in [1.54, 1.807) is 18.4 Å². The standard InChI is InChI=1S/C21H27FN4O3/c1-4-29-21(28)14-11-26(13-5-6-13)19-15(20(14)27)17(23)12(2)18(16(19)22)25-9-7-24(3)8-10-25/h11,13H,4-10,23H2,1-3H3. The highest BCUT2D eigenvalue weighted by Crippen LogP contribution is 2.42. The molecule has 29 heavy (non-hydrogen) atoms. The molecule has 0 radical (unpaired) electrons. The molecule has 1 aromatic carbocycles. The van der Waals surface area contributed by atoms with Gasteiger partial charge in [0.05, 0.1) is 28.9 Å². The average molecular weight is 402 g/mol. The maximum atomic E-state index is 15.9. The molecule has 1 aromatic heterocycles. The minimum absolute atomic E-state index is 0.0585. The van der Waals surface area contributed by atoms with Crippen LogP contribution in [0.2, 0.25) is 0 Å². The summed E-state index contributed by atoms with van der Waals surface area (Å²) in [7, 11) is 2.04. The number of piperazine rings is 1. The number of hydrogen-bond acceptors (Lipinski definition) is 6. The van der Waals surface area contributed by atoms with E-state index in [1.807, 2.05) is 11.9 Å². The maximum Gasteiger partial charge on any atom is 0.343 e. The van der Waals surface area contributed by atoms with Gasteiger partial charge in [0.15, 0.2) is 5.82 Å². The summed E-state index contributed by atoms with van der Waals surface area (Å²) in [5.41, 5.74) is 7.16. The number of hydrogen-bond donors (Lipinski definition) is 1. The third kappa shape index (κ3) is 3.25. The summed E-state index contributed by atoms with van der Waals surface area (Å²) < 4.78 is 22.7. The molecule has 156 valence electrons. The number of nitrogens with zero attached hydrogens (tertiary/aromatic N) is 3. The molecule has 8 heteroatoms. The van der Waals surface area contributed by atoms with Gasteiger partial charge >= 0.3 is 5.97 Å². The van der Waals surface area contributed by atoms with Crippen molar-refractivity contribution in [2.24, 2.45) is 0 Å². The normalized spacial score (nSPS) is 17.7. The number of carbonyl (C=O) groups is 1. The van der Waals surface area contributed by atoms with E-state index in [0.717, 1.165) is 25.9 Å². The number of halogens is 1. The van der Waals surface area contributed by atoms with Crippen LogP contribution in [0, 0.1) is 12.7 Å². The summed E-state index contributed by atoms with van der Waals surface area (Å²) >= 11 is 0. The molecular formula is C21H27FN4O3. The Kier molecular flexibility index (Phi) is 4.98. The van der Waals surface area contributed by atoms with Gasteiger partial charge in [-0.05, 0) is 39.3 Å². The molecule has 1 saturated heterocycles. The van der Waals surface area contributed by atoms with Crippen molar-refractivity contribution < 1.29 is 13.9 Å². The smallest absolute Gasteiger partial charge is 0.343 e. The van der Waals surface area contributed by atoms with E-state index in [-0.39, 0.29) is 34.8 Å². The second-order valence-electron chi connectivity index (χ2n) is 7.95. The number of anilines is 2. The van der Waals surface area contributed by atoms with Crippen molar-refractivity contribution >= 4 is 28.2 Å². The largest absolute Gasteiger partial charge is 0.462 e. The molecule has 1 aliphatic carbocycles. The lowest BCUT2D eigenvalue weighted by molar-refractivity contribution is 0.0524. The monoisotopic (exact) mass is 402 g/mol. The number of likely N-dealkylation sites (N-methyl/N-ethyl adjacent to an activating group) is 1. The quantitative estimate of drug-likeness (QED) is 0.624. The Bertz CT molecular complexity index is 1040. The van der Waals surface area contributed by atoms with Gasteiger partial charge in [-0.15, -0.1) is 0 Å². The van der Waals surface area contributed by atoms with Crippen molar-refractivity contribution in [3.05, 3.63) is 33.4 Å². The lowest BCUT2D eigenvalue weighted by Crippen LogP contribution is -2.45. The van der Waals surface area contributed by atoms with Crippen LogP contribution in [0.5, 0.6) is 0 Å². The molecule has 1 saturated carbocycles. The molecule has 0 atom stereocenters. The number of carbonyl (C=O) groups excluding carboxylic acids is 1. The Morgan fingerprint density at radius 1 is 1.28 bits per heavy atom. The van der Waals surface area contributed by atoms with Crippen LogP contribution in [-0.2, 0) is 4.74 Å². The summed E-state index contributed by atoms with van der Waals surface area (Å²) in [6.45, 7) is 6.61. The summed E-state index contributed by atoms with van der Waals surface area (Å²) in [4.78, 5) is 29.7. The number of fused-ring (bicyclic) bond motifs is 1. The van der Waals surface area contributed by atoms with Crippen LogP contribution in [-0.4, -0.2) is 55.3 Å². The zero-order valence-corrected chi connectivity index (χ0v) is 17.1. The summed E-state index contributed by atoms with van der Waals surface area (Å²) in [6, 6.07) is 0.0585. The molecule has 4 rings (SSSR count). The third-order valence-electron chi connectivity index (χ3n) is 5.93. The van der Waals surface area contributed by atoms with Crippen LogP contribution in [0.3, 0.4) is 0 Å². The fraction of sp³-hybridized carbons (Fsp3) is 0.524. The lowest BCUT2D eigenvalue weighted by Gasteiger charge is -2.35. The van der Waals surface area contributed by atoms with Gasteiger partial charge in [-0.1, -0.05) is 0 Å². The molecule has 2 heterocycles. The van der Waals surface area contributed by atoms with Crippen molar-refractivity contribution in [1.29, 1.82) is 0 Å². The van der Waals surface area contributed by atoms with Crippen LogP contribution >= 0.6 is 0 Å². The van der Waals surface area contributed by atoms with Gasteiger partial charge in [0.2, 0.25) is 5.43 Å². The number of nitrogen functional groups attached to an aromatic ring is 1. The number of pyridine rings is 1. The summed E-state index contributed by atoms with van der Waals surface area (Å²) in [6.07, 6.45) is 3.19. The van der Waals surface area contributed by atoms with Gasteiger partial charge in [-0.2, -0.15) is 0 Å². The molecule has 2 aliphatic rings. The minimum atomic E-state index is -0.700. The highest BCUT2D eigenvalue weighted by atomic mass is 19.1. The lowest BCUT2D eigenvalue weighted by atomic mass is 10.0. The molecular weight excluding hydrogens is 375 g/mol. The SMILES string of the molecule is CCOC(=O)c1cn(C2CC2)c2c(F)c(N3CCN(C)CC3)c(C)c(N)c2c1=O. The molecule has 2 aromatic rings. The van der Waals surface area contributed by atoms with E-state index in [0.29, 0.717) is 24.3 Å². The van der Waals surface area contributed by atoms with E-state index in [9.17, 15) is 9.59 Å². The van der Waals surface area contributed by atoms with E-state index in [2.05, 4.69) is 4.90 Å². The van der Waals surface area contributed by atoms with E-state index in [4.69, 9.17) is 10.5 Å². The highest BCUT2D eigenvalue weighted by molar-refractivity contribution is 6.01. The second-order valence-corrected chi connectivity index (χ2v) is 7.95. The number of benzene rings is 1. The first-order valence-electron chi connectivity index (χ1n) is 10.1. The molecule has 1 aliphatic heterocycles. The third-order valence-corrected chi connectivity index (χ3v) is 5.93. The molecule has 0 spiro atoms. The van der Waals surface area contributed by atoms with Crippen LogP contribution in [0.1, 0.15) is 41.7 Å².